The molecule has 0 bridgehead atoms. The summed E-state index contributed by atoms with van der Waals surface area (Å²) in [5.74, 6) is -0.355. The Balaban J connectivity index is 3.01. The molecule has 0 atom stereocenters. The lowest BCUT2D eigenvalue weighted by molar-refractivity contribution is 0.620. The minimum atomic E-state index is -0.355. The smallest absolute Gasteiger partial charge is 0.117 e. The molecule has 0 fully saturated rings. The first-order chi connectivity index (χ1) is 5.01. The van der Waals surface area contributed by atoms with Crippen LogP contribution >= 0.6 is 0 Å². The molecule has 0 unspecified atom stereocenters. The first-order valence-corrected chi connectivity index (χ1v) is 3.55. The Morgan fingerprint density at radius 1 is 1.27 bits per heavy atom. The number of hydrogen-bond acceptors (Lipinski definition) is 0. The van der Waals surface area contributed by atoms with Crippen LogP contribution in [0.25, 0.3) is 0 Å². The maximum absolute atomic E-state index is 12.8. The van der Waals surface area contributed by atoms with Crippen LogP contribution in [-0.2, 0) is 0 Å². The molecule has 11 heavy (non-hydrogen) atoms. The summed E-state index contributed by atoms with van der Waals surface area (Å²) in [5, 5.41) is 0. The molecule has 0 aliphatic heterocycles. The van der Waals surface area contributed by atoms with Crippen LogP contribution in [0.4, 0.5) is 4.39 Å². The van der Waals surface area contributed by atoms with Gasteiger partial charge in [0.05, 0.1) is 0 Å². The van der Waals surface area contributed by atoms with E-state index in [0.717, 1.165) is 0 Å². The van der Waals surface area contributed by atoms with E-state index in [9.17, 15) is 4.39 Å². The van der Waals surface area contributed by atoms with E-state index < -0.39 is 0 Å². The van der Waals surface area contributed by atoms with Gasteiger partial charge < -0.3 is 0 Å². The van der Waals surface area contributed by atoms with Gasteiger partial charge >= 0.3 is 0 Å². The fourth-order valence-electron chi connectivity index (χ4n) is 0.824. The van der Waals surface area contributed by atoms with Gasteiger partial charge in [-0.25, -0.2) is 4.39 Å². The zero-order valence-electron chi connectivity index (χ0n) is 6.76. The molecule has 0 N–H and O–H groups in total. The van der Waals surface area contributed by atoms with Crippen molar-refractivity contribution in [3.63, 3.8) is 0 Å². The molecule has 56 valence electrons. The number of allylic oxidation sites excluding steroid dienone is 6. The van der Waals surface area contributed by atoms with Crippen molar-refractivity contribution in [2.75, 3.05) is 0 Å². The lowest BCUT2D eigenvalue weighted by Crippen LogP contribution is -2.00. The molecule has 0 aromatic carbocycles. The van der Waals surface area contributed by atoms with Crippen LogP contribution in [0.15, 0.2) is 35.6 Å². The Kier molecular flexibility index (Phi) is 2.03. The summed E-state index contributed by atoms with van der Waals surface area (Å²) in [6.45, 7) is 3.98. The van der Waals surface area contributed by atoms with Crippen molar-refractivity contribution in [3.8, 4) is 0 Å². The molecule has 0 saturated heterocycles. The first-order valence-electron chi connectivity index (χ1n) is 3.55. The summed E-state index contributed by atoms with van der Waals surface area (Å²) in [7, 11) is 5.37. The van der Waals surface area contributed by atoms with E-state index in [1.807, 2.05) is 19.9 Å². The molecule has 0 saturated carbocycles. The molecular weight excluding hydrogens is 138 g/mol. The van der Waals surface area contributed by atoms with E-state index in [4.69, 9.17) is 7.85 Å². The van der Waals surface area contributed by atoms with Gasteiger partial charge in [-0.2, -0.15) is 0 Å². The second-order valence-corrected chi connectivity index (χ2v) is 3.29. The number of rotatable bonds is 0. The highest BCUT2D eigenvalue weighted by Gasteiger charge is 2.11. The van der Waals surface area contributed by atoms with Gasteiger partial charge in [0.25, 0.3) is 0 Å². The summed E-state index contributed by atoms with van der Waals surface area (Å²) >= 11 is 0. The molecule has 0 aromatic heterocycles. The molecule has 0 spiro atoms. The van der Waals surface area contributed by atoms with Crippen LogP contribution in [0.3, 0.4) is 0 Å². The zero-order chi connectivity index (χ0) is 8.48. The second kappa shape index (κ2) is 2.69. The minimum Gasteiger partial charge on any atom is -0.208 e. The molecule has 1 aliphatic carbocycles. The molecule has 1 rings (SSSR count). The fraction of sp³-hybridized carbons (Fsp3) is 0.333. The average Bonchev–Trinajstić information content (AvgIpc) is 2.03. The van der Waals surface area contributed by atoms with Crippen molar-refractivity contribution in [1.82, 2.24) is 0 Å². The Hall–Kier alpha value is -0.785. The van der Waals surface area contributed by atoms with Crippen molar-refractivity contribution >= 4 is 7.85 Å². The summed E-state index contributed by atoms with van der Waals surface area (Å²) < 4.78 is 12.8. The van der Waals surface area contributed by atoms with Gasteiger partial charge in [0, 0.05) is 5.41 Å². The Labute approximate surface area is 67.9 Å². The summed E-state index contributed by atoms with van der Waals surface area (Å²) in [4.78, 5) is 0. The molecule has 2 heteroatoms. The highest BCUT2D eigenvalue weighted by molar-refractivity contribution is 6.23. The van der Waals surface area contributed by atoms with E-state index in [0.29, 0.717) is 0 Å². The normalized spacial score (nSPS) is 22.1. The third-order valence-electron chi connectivity index (χ3n) is 1.63. The third-order valence-corrected chi connectivity index (χ3v) is 1.63. The highest BCUT2D eigenvalue weighted by atomic mass is 19.1. The number of halogens is 1. The summed E-state index contributed by atoms with van der Waals surface area (Å²) in [5.41, 5.74) is 0.102. The SMILES string of the molecule is [B]C1=C(F)C=CC(C)(C)C=C1. The average molecular weight is 148 g/mol. The van der Waals surface area contributed by atoms with Crippen LogP contribution in [0.1, 0.15) is 13.8 Å². The van der Waals surface area contributed by atoms with Crippen molar-refractivity contribution < 1.29 is 4.39 Å². The highest BCUT2D eigenvalue weighted by Crippen LogP contribution is 2.24. The maximum atomic E-state index is 12.8. The van der Waals surface area contributed by atoms with E-state index in [1.165, 1.54) is 6.08 Å². The predicted octanol–water partition coefficient (Wildman–Crippen LogP) is 2.49. The number of hydrogen-bond donors (Lipinski definition) is 0. The molecule has 1 aliphatic rings. The standard InChI is InChI=1S/C9H10BF/c1-9(2)5-3-7(10)8(11)4-6-9/h3-6H,1-2H3. The quantitative estimate of drug-likeness (QED) is 0.463. The first kappa shape index (κ1) is 8.31. The summed E-state index contributed by atoms with van der Waals surface area (Å²) in [6, 6.07) is 0. The largest absolute Gasteiger partial charge is 0.208 e. The van der Waals surface area contributed by atoms with Crippen LogP contribution in [0.2, 0.25) is 0 Å². The van der Waals surface area contributed by atoms with Gasteiger partial charge in [-0.3, -0.25) is 0 Å². The van der Waals surface area contributed by atoms with Gasteiger partial charge in [-0.15, -0.1) is 0 Å². The van der Waals surface area contributed by atoms with Crippen LogP contribution in [-0.4, -0.2) is 7.85 Å². The molecule has 0 aromatic rings. The van der Waals surface area contributed by atoms with Gasteiger partial charge in [0.1, 0.15) is 13.7 Å². The lowest BCUT2D eigenvalue weighted by Gasteiger charge is -2.12. The van der Waals surface area contributed by atoms with Crippen molar-refractivity contribution in [1.29, 1.82) is 0 Å². The van der Waals surface area contributed by atoms with Gasteiger partial charge in [0.15, 0.2) is 0 Å². The minimum absolute atomic E-state index is 0.0988. The maximum Gasteiger partial charge on any atom is 0.117 e. The van der Waals surface area contributed by atoms with E-state index in [1.54, 1.807) is 12.2 Å². The molecule has 0 amide bonds. The molecule has 0 heterocycles. The van der Waals surface area contributed by atoms with Gasteiger partial charge in [0.2, 0.25) is 0 Å². The Bertz CT molecular complexity index is 222. The van der Waals surface area contributed by atoms with Crippen molar-refractivity contribution in [3.05, 3.63) is 35.6 Å². The van der Waals surface area contributed by atoms with E-state index >= 15 is 0 Å². The van der Waals surface area contributed by atoms with E-state index in [2.05, 4.69) is 0 Å². The third kappa shape index (κ3) is 2.07. The lowest BCUT2D eigenvalue weighted by atomic mass is 9.90. The molecule has 2 radical (unpaired) electrons. The second-order valence-electron chi connectivity index (χ2n) is 3.29. The Morgan fingerprint density at radius 2 is 1.82 bits per heavy atom. The van der Waals surface area contributed by atoms with Crippen LogP contribution in [0, 0.1) is 5.41 Å². The topological polar surface area (TPSA) is 0 Å². The monoisotopic (exact) mass is 148 g/mol. The van der Waals surface area contributed by atoms with Crippen LogP contribution in [0.5, 0.6) is 0 Å². The van der Waals surface area contributed by atoms with Gasteiger partial charge in [-0.05, 0) is 6.08 Å². The zero-order valence-corrected chi connectivity index (χ0v) is 6.76. The van der Waals surface area contributed by atoms with Gasteiger partial charge in [-0.1, -0.05) is 37.5 Å². The summed E-state index contributed by atoms with van der Waals surface area (Å²) in [6.07, 6.45) is 6.69. The predicted molar refractivity (Wildman–Crippen MR) is 45.9 cm³/mol. The fourth-order valence-corrected chi connectivity index (χ4v) is 0.824. The van der Waals surface area contributed by atoms with Crippen LogP contribution < -0.4 is 0 Å². The van der Waals surface area contributed by atoms with Crippen molar-refractivity contribution in [2.45, 2.75) is 13.8 Å². The van der Waals surface area contributed by atoms with Crippen molar-refractivity contribution in [2.24, 2.45) is 5.41 Å². The molecule has 0 nitrogen and oxygen atoms in total. The molecular formula is C9H10BF. The Morgan fingerprint density at radius 3 is 2.45 bits per heavy atom. The van der Waals surface area contributed by atoms with E-state index in [-0.39, 0.29) is 16.7 Å².